The number of nitrogens with zero attached hydrogens (tertiary/aromatic N) is 2. The molecule has 5 nitrogen and oxygen atoms in total. The van der Waals surface area contributed by atoms with E-state index in [0.29, 0.717) is 32.6 Å². The second-order valence-corrected chi connectivity index (χ2v) is 8.41. The van der Waals surface area contributed by atoms with E-state index in [-0.39, 0.29) is 19.1 Å². The van der Waals surface area contributed by atoms with Gasteiger partial charge in [0.05, 0.1) is 29.0 Å². The van der Waals surface area contributed by atoms with E-state index in [1.165, 1.54) is 16.9 Å². The van der Waals surface area contributed by atoms with Crippen LogP contribution in [0.3, 0.4) is 0 Å². The number of nitrogens with one attached hydrogen (secondary N) is 1. The summed E-state index contributed by atoms with van der Waals surface area (Å²) in [6.07, 6.45) is -1.44. The average molecular weight is 520 g/mol. The van der Waals surface area contributed by atoms with Gasteiger partial charge in [0.25, 0.3) is 5.91 Å². The zero-order chi connectivity index (χ0) is 25.0. The SMILES string of the molecule is O=C(Nc1cnn(Cc2cccc(C(F)(F)F)c2)c1)c1cccc(COc2cccc(Cl)c2Cl)c1. The Morgan fingerprint density at radius 3 is 2.54 bits per heavy atom. The third-order valence-corrected chi connectivity index (χ3v) is 5.79. The van der Waals surface area contributed by atoms with E-state index < -0.39 is 11.7 Å². The first kappa shape index (κ1) is 24.6. The van der Waals surface area contributed by atoms with Crippen molar-refractivity contribution in [3.63, 3.8) is 0 Å². The van der Waals surface area contributed by atoms with Crippen LogP contribution in [0, 0.1) is 0 Å². The van der Waals surface area contributed by atoms with E-state index in [1.54, 1.807) is 48.7 Å². The van der Waals surface area contributed by atoms with Crippen molar-refractivity contribution in [3.05, 3.63) is 111 Å². The lowest BCUT2D eigenvalue weighted by Gasteiger charge is -2.10. The highest BCUT2D eigenvalue weighted by Gasteiger charge is 2.30. The molecule has 1 heterocycles. The van der Waals surface area contributed by atoms with E-state index in [9.17, 15) is 18.0 Å². The molecule has 4 rings (SSSR count). The Balaban J connectivity index is 1.39. The Labute approximate surface area is 209 Å². The monoisotopic (exact) mass is 519 g/mol. The molecule has 0 atom stereocenters. The van der Waals surface area contributed by atoms with Crippen molar-refractivity contribution in [2.45, 2.75) is 19.3 Å². The summed E-state index contributed by atoms with van der Waals surface area (Å²) >= 11 is 12.1. The maximum atomic E-state index is 12.9. The first-order valence-electron chi connectivity index (χ1n) is 10.3. The van der Waals surface area contributed by atoms with Crippen LogP contribution in [-0.4, -0.2) is 15.7 Å². The molecule has 0 aliphatic rings. The Hall–Kier alpha value is -3.49. The number of hydrogen-bond acceptors (Lipinski definition) is 3. The van der Waals surface area contributed by atoms with Gasteiger partial charge in [-0.15, -0.1) is 0 Å². The Bertz CT molecular complexity index is 1360. The second kappa shape index (κ2) is 10.4. The van der Waals surface area contributed by atoms with Crippen LogP contribution in [0.25, 0.3) is 0 Å². The lowest BCUT2D eigenvalue weighted by molar-refractivity contribution is -0.137. The Kier molecular flexibility index (Phi) is 7.33. The summed E-state index contributed by atoms with van der Waals surface area (Å²) < 4.78 is 45.9. The molecule has 35 heavy (non-hydrogen) atoms. The molecule has 10 heteroatoms. The number of hydrogen-bond donors (Lipinski definition) is 1. The Morgan fingerprint density at radius 1 is 1.00 bits per heavy atom. The molecule has 0 bridgehead atoms. The molecule has 0 aliphatic carbocycles. The van der Waals surface area contributed by atoms with E-state index in [4.69, 9.17) is 27.9 Å². The molecule has 180 valence electrons. The summed E-state index contributed by atoms with van der Waals surface area (Å²) in [4.78, 5) is 12.7. The van der Waals surface area contributed by atoms with Crippen LogP contribution in [0.1, 0.15) is 27.0 Å². The van der Waals surface area contributed by atoms with Crippen LogP contribution in [-0.2, 0) is 19.3 Å². The number of rotatable bonds is 7. The van der Waals surface area contributed by atoms with Crippen LogP contribution in [0.2, 0.25) is 10.0 Å². The summed E-state index contributed by atoms with van der Waals surface area (Å²) in [5.74, 6) is 0.0634. The van der Waals surface area contributed by atoms with E-state index >= 15 is 0 Å². The molecule has 0 spiro atoms. The number of aromatic nitrogens is 2. The number of anilines is 1. The fraction of sp³-hybridized carbons (Fsp3) is 0.120. The van der Waals surface area contributed by atoms with Gasteiger partial charge in [-0.2, -0.15) is 18.3 Å². The first-order valence-corrected chi connectivity index (χ1v) is 11.1. The predicted molar refractivity (Wildman–Crippen MR) is 128 cm³/mol. The average Bonchev–Trinajstić information content (AvgIpc) is 3.26. The van der Waals surface area contributed by atoms with Crippen molar-refractivity contribution in [2.75, 3.05) is 5.32 Å². The minimum Gasteiger partial charge on any atom is -0.487 e. The standard InChI is InChI=1S/C25H18Cl2F3N3O2/c26-21-8-3-9-22(23(21)27)35-15-17-5-1-6-18(10-17)24(34)32-20-12-31-33(14-20)13-16-4-2-7-19(11-16)25(28,29)30/h1-12,14H,13,15H2,(H,32,34). The minimum absolute atomic E-state index is 0.124. The number of carbonyl (C=O) groups is 1. The maximum Gasteiger partial charge on any atom is 0.416 e. The molecule has 0 aliphatic heterocycles. The van der Waals surface area contributed by atoms with Crippen LogP contribution in [0.4, 0.5) is 18.9 Å². The van der Waals surface area contributed by atoms with Gasteiger partial charge in [0.2, 0.25) is 0 Å². The number of ether oxygens (including phenoxy) is 1. The fourth-order valence-electron chi connectivity index (χ4n) is 3.31. The normalized spacial score (nSPS) is 11.3. The summed E-state index contributed by atoms with van der Waals surface area (Å²) in [6, 6.07) is 17.0. The fourth-order valence-corrected chi connectivity index (χ4v) is 3.66. The number of carbonyl (C=O) groups excluding carboxylic acids is 1. The molecule has 0 saturated heterocycles. The second-order valence-electron chi connectivity index (χ2n) is 7.62. The van der Waals surface area contributed by atoms with Crippen LogP contribution in [0.5, 0.6) is 5.75 Å². The van der Waals surface area contributed by atoms with E-state index in [1.807, 2.05) is 6.07 Å². The van der Waals surface area contributed by atoms with Gasteiger partial charge < -0.3 is 10.1 Å². The molecule has 0 saturated carbocycles. The molecule has 0 radical (unpaired) electrons. The highest BCUT2D eigenvalue weighted by atomic mass is 35.5. The maximum absolute atomic E-state index is 12.9. The molecule has 1 N–H and O–H groups in total. The molecule has 1 amide bonds. The van der Waals surface area contributed by atoms with Gasteiger partial charge in [0.1, 0.15) is 17.4 Å². The van der Waals surface area contributed by atoms with Crippen LogP contribution < -0.4 is 10.1 Å². The highest BCUT2D eigenvalue weighted by molar-refractivity contribution is 6.42. The molecular weight excluding hydrogens is 502 g/mol. The summed E-state index contributed by atoms with van der Waals surface area (Å²) in [6.45, 7) is 0.300. The molecule has 1 aromatic heterocycles. The first-order chi connectivity index (χ1) is 16.7. The van der Waals surface area contributed by atoms with Crippen molar-refractivity contribution in [3.8, 4) is 5.75 Å². The largest absolute Gasteiger partial charge is 0.487 e. The number of amides is 1. The highest BCUT2D eigenvalue weighted by Crippen LogP contribution is 2.32. The summed E-state index contributed by atoms with van der Waals surface area (Å²) in [5.41, 5.74) is 1.27. The van der Waals surface area contributed by atoms with Crippen molar-refractivity contribution >= 4 is 34.8 Å². The summed E-state index contributed by atoms with van der Waals surface area (Å²) in [7, 11) is 0. The lowest BCUT2D eigenvalue weighted by Crippen LogP contribution is -2.12. The quantitative estimate of drug-likeness (QED) is 0.283. The zero-order valence-corrected chi connectivity index (χ0v) is 19.5. The third-order valence-electron chi connectivity index (χ3n) is 4.99. The molecule has 0 fully saturated rings. The lowest BCUT2D eigenvalue weighted by atomic mass is 10.1. The van der Waals surface area contributed by atoms with Gasteiger partial charge in [0, 0.05) is 11.8 Å². The molecular formula is C25H18Cl2F3N3O2. The minimum atomic E-state index is -4.42. The van der Waals surface area contributed by atoms with Crippen molar-refractivity contribution in [1.29, 1.82) is 0 Å². The topological polar surface area (TPSA) is 56.2 Å². The Morgan fingerprint density at radius 2 is 1.74 bits per heavy atom. The van der Waals surface area contributed by atoms with Crippen LogP contribution in [0.15, 0.2) is 79.1 Å². The van der Waals surface area contributed by atoms with E-state index in [2.05, 4.69) is 10.4 Å². The van der Waals surface area contributed by atoms with Gasteiger partial charge in [-0.25, -0.2) is 0 Å². The van der Waals surface area contributed by atoms with Crippen molar-refractivity contribution < 1.29 is 22.7 Å². The van der Waals surface area contributed by atoms with Crippen molar-refractivity contribution in [1.82, 2.24) is 9.78 Å². The molecule has 3 aromatic carbocycles. The smallest absolute Gasteiger partial charge is 0.416 e. The third kappa shape index (κ3) is 6.35. The summed E-state index contributed by atoms with van der Waals surface area (Å²) in [5, 5.41) is 7.55. The number of halogens is 5. The zero-order valence-electron chi connectivity index (χ0n) is 18.0. The van der Waals surface area contributed by atoms with E-state index in [0.717, 1.165) is 17.7 Å². The van der Waals surface area contributed by atoms with Gasteiger partial charge in [0.15, 0.2) is 0 Å². The molecule has 0 unspecified atom stereocenters. The van der Waals surface area contributed by atoms with Gasteiger partial charge in [-0.3, -0.25) is 9.48 Å². The van der Waals surface area contributed by atoms with Crippen LogP contribution >= 0.6 is 23.2 Å². The van der Waals surface area contributed by atoms with Crippen molar-refractivity contribution in [2.24, 2.45) is 0 Å². The van der Waals surface area contributed by atoms with Gasteiger partial charge in [-0.05, 0) is 47.5 Å². The predicted octanol–water partition coefficient (Wildman–Crippen LogP) is 7.09. The number of alkyl halides is 3. The molecule has 4 aromatic rings. The number of benzene rings is 3. The van der Waals surface area contributed by atoms with Gasteiger partial charge >= 0.3 is 6.18 Å². The van der Waals surface area contributed by atoms with Gasteiger partial charge in [-0.1, -0.05) is 53.5 Å².